The lowest BCUT2D eigenvalue weighted by atomic mass is 10.5. The largest absolute Gasteiger partial charge is 0.374 e. The van der Waals surface area contributed by atoms with Gasteiger partial charge < -0.3 is 4.84 Å². The summed E-state index contributed by atoms with van der Waals surface area (Å²) in [5.74, 6) is 0.207. The highest BCUT2D eigenvalue weighted by atomic mass is 35.5. The summed E-state index contributed by atoms with van der Waals surface area (Å²) in [6, 6.07) is 3.34. The van der Waals surface area contributed by atoms with E-state index in [0.29, 0.717) is 12.3 Å². The van der Waals surface area contributed by atoms with E-state index >= 15 is 0 Å². The van der Waals surface area contributed by atoms with Crippen LogP contribution in [0.5, 0.6) is 5.75 Å². The maximum absolute atomic E-state index is 11.0. The molecule has 5 heteroatoms. The standard InChI is InChI=1S/C9H11ClN2O2/c1-3-12(7(2)13)14-8-5-4-6-11-9(8)10/h4-6H,3H2,1-2H3. The highest BCUT2D eigenvalue weighted by Gasteiger charge is 2.10. The van der Waals surface area contributed by atoms with Gasteiger partial charge in [0, 0.05) is 13.1 Å². The molecule has 0 N–H and O–H groups in total. The number of halogens is 1. The number of amides is 1. The monoisotopic (exact) mass is 214 g/mol. The zero-order valence-electron chi connectivity index (χ0n) is 8.03. The van der Waals surface area contributed by atoms with Crippen molar-refractivity contribution in [2.24, 2.45) is 0 Å². The van der Waals surface area contributed by atoms with E-state index in [9.17, 15) is 4.79 Å². The van der Waals surface area contributed by atoms with Gasteiger partial charge in [0.1, 0.15) is 0 Å². The molecule has 1 aromatic rings. The van der Waals surface area contributed by atoms with Crippen molar-refractivity contribution < 1.29 is 9.63 Å². The van der Waals surface area contributed by atoms with Crippen LogP contribution in [0.1, 0.15) is 13.8 Å². The van der Waals surface area contributed by atoms with Crippen LogP contribution in [0.2, 0.25) is 5.15 Å². The summed E-state index contributed by atoms with van der Waals surface area (Å²) in [5.41, 5.74) is 0. The van der Waals surface area contributed by atoms with E-state index in [2.05, 4.69) is 4.98 Å². The van der Waals surface area contributed by atoms with Gasteiger partial charge in [0.25, 0.3) is 5.91 Å². The molecule has 4 nitrogen and oxygen atoms in total. The summed E-state index contributed by atoms with van der Waals surface area (Å²) in [4.78, 5) is 20.1. The quantitative estimate of drug-likeness (QED) is 0.570. The molecule has 1 heterocycles. The molecule has 0 bridgehead atoms. The second kappa shape index (κ2) is 4.81. The molecule has 0 aliphatic heterocycles. The molecule has 0 saturated heterocycles. The number of hydrogen-bond acceptors (Lipinski definition) is 3. The molecule has 14 heavy (non-hydrogen) atoms. The van der Waals surface area contributed by atoms with Gasteiger partial charge in [0.2, 0.25) is 0 Å². The minimum atomic E-state index is -0.174. The van der Waals surface area contributed by atoms with Gasteiger partial charge in [-0.2, -0.15) is 5.06 Å². The number of nitrogens with zero attached hydrogens (tertiary/aromatic N) is 2. The number of rotatable bonds is 3. The lowest BCUT2D eigenvalue weighted by molar-refractivity contribution is -0.153. The van der Waals surface area contributed by atoms with Crippen molar-refractivity contribution in [1.29, 1.82) is 0 Å². The third kappa shape index (κ3) is 2.60. The molecule has 0 saturated carbocycles. The van der Waals surface area contributed by atoms with E-state index in [1.54, 1.807) is 18.3 Å². The Hall–Kier alpha value is -1.29. The first-order chi connectivity index (χ1) is 6.65. The van der Waals surface area contributed by atoms with Crippen LogP contribution in [0.15, 0.2) is 18.3 Å². The summed E-state index contributed by atoms with van der Waals surface area (Å²) < 4.78 is 0. The third-order valence-electron chi connectivity index (χ3n) is 1.57. The molecule has 1 amide bonds. The van der Waals surface area contributed by atoms with E-state index in [1.165, 1.54) is 12.0 Å². The molecular weight excluding hydrogens is 204 g/mol. The van der Waals surface area contributed by atoms with Crippen LogP contribution in [0.3, 0.4) is 0 Å². The van der Waals surface area contributed by atoms with Gasteiger partial charge in [-0.3, -0.25) is 4.79 Å². The second-order valence-corrected chi connectivity index (χ2v) is 2.96. The summed E-state index contributed by atoms with van der Waals surface area (Å²) in [5, 5.41) is 1.45. The Labute approximate surface area is 87.4 Å². The fraction of sp³-hybridized carbons (Fsp3) is 0.333. The fourth-order valence-corrected chi connectivity index (χ4v) is 1.06. The maximum atomic E-state index is 11.0. The minimum absolute atomic E-state index is 0.174. The van der Waals surface area contributed by atoms with E-state index in [4.69, 9.17) is 16.4 Å². The highest BCUT2D eigenvalue weighted by Crippen LogP contribution is 2.21. The second-order valence-electron chi connectivity index (χ2n) is 2.60. The smallest absolute Gasteiger partial charge is 0.252 e. The van der Waals surface area contributed by atoms with Crippen molar-refractivity contribution in [2.45, 2.75) is 13.8 Å². The minimum Gasteiger partial charge on any atom is -0.374 e. The van der Waals surface area contributed by atoms with Crippen LogP contribution < -0.4 is 4.84 Å². The van der Waals surface area contributed by atoms with Gasteiger partial charge >= 0.3 is 0 Å². The van der Waals surface area contributed by atoms with Gasteiger partial charge in [-0.05, 0) is 19.1 Å². The summed E-state index contributed by atoms with van der Waals surface area (Å²) in [6.07, 6.45) is 1.55. The summed E-state index contributed by atoms with van der Waals surface area (Å²) in [7, 11) is 0. The number of aromatic nitrogens is 1. The Morgan fingerprint density at radius 1 is 1.71 bits per heavy atom. The third-order valence-corrected chi connectivity index (χ3v) is 1.86. The Balaban J connectivity index is 2.77. The van der Waals surface area contributed by atoms with E-state index in [1.807, 2.05) is 6.92 Å². The first kappa shape index (κ1) is 10.8. The predicted octanol–water partition coefficient (Wildman–Crippen LogP) is 1.90. The van der Waals surface area contributed by atoms with Gasteiger partial charge in [0.05, 0.1) is 6.54 Å². The van der Waals surface area contributed by atoms with Gasteiger partial charge in [0.15, 0.2) is 10.9 Å². The maximum Gasteiger partial charge on any atom is 0.252 e. The van der Waals surface area contributed by atoms with Crippen LogP contribution in [0, 0.1) is 0 Å². The summed E-state index contributed by atoms with van der Waals surface area (Å²) >= 11 is 5.76. The van der Waals surface area contributed by atoms with Crippen molar-refractivity contribution in [3.63, 3.8) is 0 Å². The lowest BCUT2D eigenvalue weighted by Crippen LogP contribution is -2.31. The van der Waals surface area contributed by atoms with Crippen LogP contribution in [0.25, 0.3) is 0 Å². The molecule has 1 rings (SSSR count). The number of hydroxylamine groups is 2. The van der Waals surface area contributed by atoms with Crippen molar-refractivity contribution in [2.75, 3.05) is 6.54 Å². The highest BCUT2D eigenvalue weighted by molar-refractivity contribution is 6.30. The molecule has 0 atom stereocenters. The Kier molecular flexibility index (Phi) is 3.71. The Morgan fingerprint density at radius 2 is 2.43 bits per heavy atom. The van der Waals surface area contributed by atoms with Gasteiger partial charge in [-0.15, -0.1) is 0 Å². The van der Waals surface area contributed by atoms with Crippen molar-refractivity contribution >= 4 is 17.5 Å². The SMILES string of the molecule is CCN(Oc1cccnc1Cl)C(C)=O. The van der Waals surface area contributed by atoms with Crippen LogP contribution >= 0.6 is 11.6 Å². The predicted molar refractivity (Wildman–Crippen MR) is 52.9 cm³/mol. The van der Waals surface area contributed by atoms with Crippen LogP contribution in [-0.4, -0.2) is 22.5 Å². The molecular formula is C9H11ClN2O2. The van der Waals surface area contributed by atoms with E-state index in [-0.39, 0.29) is 11.1 Å². The molecule has 0 fully saturated rings. The van der Waals surface area contributed by atoms with Gasteiger partial charge in [-0.1, -0.05) is 11.6 Å². The average molecular weight is 215 g/mol. The molecule has 0 aliphatic carbocycles. The number of carbonyl (C=O) groups excluding carboxylic acids is 1. The summed E-state index contributed by atoms with van der Waals surface area (Å²) in [6.45, 7) is 3.69. The topological polar surface area (TPSA) is 42.4 Å². The number of hydrogen-bond donors (Lipinski definition) is 0. The first-order valence-corrected chi connectivity index (χ1v) is 4.59. The van der Waals surface area contributed by atoms with E-state index < -0.39 is 0 Å². The fourth-order valence-electron chi connectivity index (χ4n) is 0.910. The molecule has 76 valence electrons. The molecule has 0 aromatic carbocycles. The normalized spacial score (nSPS) is 9.64. The van der Waals surface area contributed by atoms with Crippen molar-refractivity contribution in [3.05, 3.63) is 23.5 Å². The van der Waals surface area contributed by atoms with Crippen LogP contribution in [-0.2, 0) is 4.79 Å². The Morgan fingerprint density at radius 3 is 2.93 bits per heavy atom. The number of carbonyl (C=O) groups is 1. The average Bonchev–Trinajstić information content (AvgIpc) is 2.16. The Bertz CT molecular complexity index is 330. The first-order valence-electron chi connectivity index (χ1n) is 4.21. The number of pyridine rings is 1. The van der Waals surface area contributed by atoms with E-state index in [0.717, 1.165) is 0 Å². The molecule has 0 spiro atoms. The molecule has 0 radical (unpaired) electrons. The molecule has 1 aromatic heterocycles. The van der Waals surface area contributed by atoms with Crippen LogP contribution in [0.4, 0.5) is 0 Å². The van der Waals surface area contributed by atoms with Crippen molar-refractivity contribution in [1.82, 2.24) is 10.0 Å². The van der Waals surface area contributed by atoms with Gasteiger partial charge in [-0.25, -0.2) is 4.98 Å². The molecule has 0 unspecified atom stereocenters. The lowest BCUT2D eigenvalue weighted by Gasteiger charge is -2.18. The molecule has 0 aliphatic rings. The van der Waals surface area contributed by atoms with Crippen molar-refractivity contribution in [3.8, 4) is 5.75 Å². The zero-order valence-corrected chi connectivity index (χ0v) is 8.78. The zero-order chi connectivity index (χ0) is 10.6.